The van der Waals surface area contributed by atoms with Gasteiger partial charge in [0.05, 0.1) is 9.40 Å². The molecule has 0 atom stereocenters. The Morgan fingerprint density at radius 2 is 1.79 bits per heavy atom. The molecule has 0 bridgehead atoms. The highest BCUT2D eigenvalue weighted by atomic mass is 79.9. The van der Waals surface area contributed by atoms with Crippen molar-refractivity contribution in [3.05, 3.63) is 62.6 Å². The molecule has 19 heavy (non-hydrogen) atoms. The minimum atomic E-state index is -0.394. The summed E-state index contributed by atoms with van der Waals surface area (Å²) in [4.78, 5) is 12.4. The Balaban J connectivity index is 2.18. The lowest BCUT2D eigenvalue weighted by Gasteiger charge is -2.04. The van der Waals surface area contributed by atoms with Gasteiger partial charge in [0.1, 0.15) is 0 Å². The zero-order valence-corrected chi connectivity index (χ0v) is 12.7. The Bertz CT molecular complexity index is 599. The van der Waals surface area contributed by atoms with Crippen molar-refractivity contribution in [2.75, 3.05) is 0 Å². The molecule has 98 valence electrons. The van der Waals surface area contributed by atoms with Gasteiger partial charge >= 0.3 is 0 Å². The van der Waals surface area contributed by atoms with Gasteiger partial charge in [-0.1, -0.05) is 30.8 Å². The smallest absolute Gasteiger partial charge is 0.258 e. The van der Waals surface area contributed by atoms with E-state index in [0.29, 0.717) is 4.47 Å². The lowest BCUT2D eigenvalue weighted by molar-refractivity contribution is -0.385. The van der Waals surface area contributed by atoms with Crippen LogP contribution in [0.3, 0.4) is 0 Å². The van der Waals surface area contributed by atoms with E-state index in [1.54, 1.807) is 23.9 Å². The van der Waals surface area contributed by atoms with Gasteiger partial charge in [-0.05, 0) is 52.2 Å². The van der Waals surface area contributed by atoms with Gasteiger partial charge < -0.3 is 0 Å². The minimum Gasteiger partial charge on any atom is -0.258 e. The standard InChI is InChI=1S/C14H12BrNO2S/c1-2-10-3-5-11(6-4-10)19-12-7-8-14(16(17)18)13(15)9-12/h3-9H,2H2,1H3. The summed E-state index contributed by atoms with van der Waals surface area (Å²) in [5.74, 6) is 0. The average Bonchev–Trinajstić information content (AvgIpc) is 2.39. The van der Waals surface area contributed by atoms with Gasteiger partial charge in [-0.25, -0.2) is 0 Å². The lowest BCUT2D eigenvalue weighted by atomic mass is 10.2. The van der Waals surface area contributed by atoms with E-state index in [4.69, 9.17) is 0 Å². The van der Waals surface area contributed by atoms with E-state index >= 15 is 0 Å². The molecule has 0 aliphatic carbocycles. The zero-order valence-electron chi connectivity index (χ0n) is 10.3. The number of aryl methyl sites for hydroxylation is 1. The second-order valence-electron chi connectivity index (χ2n) is 3.97. The number of halogens is 1. The first-order valence-electron chi connectivity index (χ1n) is 5.81. The van der Waals surface area contributed by atoms with E-state index in [0.717, 1.165) is 16.2 Å². The third-order valence-corrected chi connectivity index (χ3v) is 4.32. The summed E-state index contributed by atoms with van der Waals surface area (Å²) in [6.45, 7) is 2.12. The summed E-state index contributed by atoms with van der Waals surface area (Å²) in [5, 5.41) is 10.7. The molecule has 0 fully saturated rings. The van der Waals surface area contributed by atoms with E-state index in [1.807, 2.05) is 0 Å². The molecule has 2 rings (SSSR count). The Kier molecular flexibility index (Phi) is 4.61. The maximum absolute atomic E-state index is 10.7. The van der Waals surface area contributed by atoms with Crippen LogP contribution in [-0.2, 0) is 6.42 Å². The van der Waals surface area contributed by atoms with Crippen LogP contribution in [0.1, 0.15) is 12.5 Å². The molecule has 0 aromatic heterocycles. The molecule has 0 amide bonds. The van der Waals surface area contributed by atoms with Crippen molar-refractivity contribution >= 4 is 33.4 Å². The van der Waals surface area contributed by atoms with Crippen LogP contribution in [0.2, 0.25) is 0 Å². The van der Waals surface area contributed by atoms with Gasteiger partial charge in [-0.3, -0.25) is 10.1 Å². The molecule has 0 spiro atoms. The van der Waals surface area contributed by atoms with Crippen LogP contribution in [0.25, 0.3) is 0 Å². The monoisotopic (exact) mass is 337 g/mol. The molecule has 2 aromatic carbocycles. The van der Waals surface area contributed by atoms with Crippen LogP contribution in [0.5, 0.6) is 0 Å². The van der Waals surface area contributed by atoms with Crippen LogP contribution >= 0.6 is 27.7 Å². The van der Waals surface area contributed by atoms with Gasteiger partial charge in [-0.15, -0.1) is 0 Å². The molecular weight excluding hydrogens is 326 g/mol. The largest absolute Gasteiger partial charge is 0.283 e. The van der Waals surface area contributed by atoms with Gasteiger partial charge in [0.25, 0.3) is 5.69 Å². The van der Waals surface area contributed by atoms with Crippen LogP contribution in [0.15, 0.2) is 56.7 Å². The molecule has 0 N–H and O–H groups in total. The highest BCUT2D eigenvalue weighted by Crippen LogP contribution is 2.33. The number of rotatable bonds is 4. The topological polar surface area (TPSA) is 43.1 Å². The zero-order chi connectivity index (χ0) is 13.8. The van der Waals surface area contributed by atoms with Gasteiger partial charge in [-0.2, -0.15) is 0 Å². The van der Waals surface area contributed by atoms with Crippen molar-refractivity contribution in [1.82, 2.24) is 0 Å². The molecule has 0 aliphatic heterocycles. The fourth-order valence-corrected chi connectivity index (χ4v) is 3.16. The van der Waals surface area contributed by atoms with Crippen molar-refractivity contribution in [3.63, 3.8) is 0 Å². The maximum Gasteiger partial charge on any atom is 0.283 e. The number of nitrogens with zero attached hydrogens (tertiary/aromatic N) is 1. The fraction of sp³-hybridized carbons (Fsp3) is 0.143. The highest BCUT2D eigenvalue weighted by molar-refractivity contribution is 9.10. The second-order valence-corrected chi connectivity index (χ2v) is 5.97. The third-order valence-electron chi connectivity index (χ3n) is 2.68. The number of nitro benzene ring substituents is 1. The van der Waals surface area contributed by atoms with Gasteiger partial charge in [0.15, 0.2) is 0 Å². The van der Waals surface area contributed by atoms with Crippen LogP contribution < -0.4 is 0 Å². The summed E-state index contributed by atoms with van der Waals surface area (Å²) in [7, 11) is 0. The predicted molar refractivity (Wildman–Crippen MR) is 80.7 cm³/mol. The molecule has 0 radical (unpaired) electrons. The van der Waals surface area contributed by atoms with Gasteiger partial charge in [0, 0.05) is 15.9 Å². The number of nitro groups is 1. The van der Waals surface area contributed by atoms with E-state index in [1.165, 1.54) is 11.6 Å². The Morgan fingerprint density at radius 1 is 1.16 bits per heavy atom. The molecule has 3 nitrogen and oxygen atoms in total. The molecule has 0 heterocycles. The first kappa shape index (κ1) is 14.1. The minimum absolute atomic E-state index is 0.0886. The molecule has 5 heteroatoms. The third kappa shape index (κ3) is 3.58. The van der Waals surface area contributed by atoms with E-state index in [2.05, 4.69) is 47.1 Å². The number of hydrogen-bond donors (Lipinski definition) is 0. The van der Waals surface area contributed by atoms with Gasteiger partial charge in [0.2, 0.25) is 0 Å². The Morgan fingerprint density at radius 3 is 2.32 bits per heavy atom. The van der Waals surface area contributed by atoms with E-state index < -0.39 is 4.92 Å². The van der Waals surface area contributed by atoms with Crippen molar-refractivity contribution in [1.29, 1.82) is 0 Å². The quantitative estimate of drug-likeness (QED) is 0.577. The number of benzene rings is 2. The fourth-order valence-electron chi connectivity index (χ4n) is 1.63. The van der Waals surface area contributed by atoms with Crippen LogP contribution in [0, 0.1) is 10.1 Å². The van der Waals surface area contributed by atoms with Crippen molar-refractivity contribution in [2.24, 2.45) is 0 Å². The van der Waals surface area contributed by atoms with Crippen molar-refractivity contribution < 1.29 is 4.92 Å². The Hall–Kier alpha value is -1.33. The van der Waals surface area contributed by atoms with Crippen LogP contribution in [-0.4, -0.2) is 4.92 Å². The molecule has 0 unspecified atom stereocenters. The maximum atomic E-state index is 10.7. The van der Waals surface area contributed by atoms with E-state index in [9.17, 15) is 10.1 Å². The number of hydrogen-bond acceptors (Lipinski definition) is 3. The SMILES string of the molecule is CCc1ccc(Sc2ccc([N+](=O)[O-])c(Br)c2)cc1. The predicted octanol–water partition coefficient (Wildman–Crippen LogP) is 5.07. The van der Waals surface area contributed by atoms with Crippen LogP contribution in [0.4, 0.5) is 5.69 Å². The summed E-state index contributed by atoms with van der Waals surface area (Å²) >= 11 is 4.82. The summed E-state index contributed by atoms with van der Waals surface area (Å²) in [6.07, 6.45) is 1.02. The molecule has 0 saturated carbocycles. The average molecular weight is 338 g/mol. The Labute approximate surface area is 124 Å². The summed E-state index contributed by atoms with van der Waals surface area (Å²) in [5.41, 5.74) is 1.39. The summed E-state index contributed by atoms with van der Waals surface area (Å²) < 4.78 is 0.507. The molecule has 0 aliphatic rings. The van der Waals surface area contributed by atoms with E-state index in [-0.39, 0.29) is 5.69 Å². The molecular formula is C14H12BrNO2S. The summed E-state index contributed by atoms with van der Waals surface area (Å²) in [6, 6.07) is 13.4. The molecule has 0 saturated heterocycles. The lowest BCUT2D eigenvalue weighted by Crippen LogP contribution is -1.89. The molecule has 2 aromatic rings. The normalized spacial score (nSPS) is 10.4. The first-order chi connectivity index (χ1) is 9.10. The highest BCUT2D eigenvalue weighted by Gasteiger charge is 2.11. The second kappa shape index (κ2) is 6.21. The van der Waals surface area contributed by atoms with Crippen molar-refractivity contribution in [2.45, 2.75) is 23.1 Å². The van der Waals surface area contributed by atoms with Crippen molar-refractivity contribution in [3.8, 4) is 0 Å². The first-order valence-corrected chi connectivity index (χ1v) is 7.42.